The van der Waals surface area contributed by atoms with Crippen molar-refractivity contribution >= 4 is 11.8 Å². The molecule has 0 bridgehead atoms. The Morgan fingerprint density at radius 2 is 2.00 bits per heavy atom. The third-order valence-electron chi connectivity index (χ3n) is 5.46. The van der Waals surface area contributed by atoms with Crippen molar-refractivity contribution in [3.05, 3.63) is 23.9 Å². The summed E-state index contributed by atoms with van der Waals surface area (Å²) in [6.45, 7) is 1.22. The van der Waals surface area contributed by atoms with Gasteiger partial charge in [0.2, 0.25) is 0 Å². The molecule has 30 heavy (non-hydrogen) atoms. The number of hydrogen-bond donors (Lipinski definition) is 3. The van der Waals surface area contributed by atoms with E-state index in [9.17, 15) is 33.3 Å². The fraction of sp³-hybridized carbons (Fsp3) is 0.667. The van der Waals surface area contributed by atoms with Gasteiger partial charge in [-0.3, -0.25) is 4.84 Å². The number of alkyl halides is 3. The number of pyridine rings is 1. The number of urea groups is 1. The summed E-state index contributed by atoms with van der Waals surface area (Å²) < 4.78 is 45.4. The topological polar surface area (TPSA) is 116 Å². The fourth-order valence-electron chi connectivity index (χ4n) is 3.88. The fourth-order valence-corrected chi connectivity index (χ4v) is 3.88. The van der Waals surface area contributed by atoms with Crippen molar-refractivity contribution in [1.82, 2.24) is 10.0 Å². The lowest BCUT2D eigenvalue weighted by molar-refractivity contribution is -0.153. The van der Waals surface area contributed by atoms with Crippen LogP contribution in [0.3, 0.4) is 0 Å². The first-order chi connectivity index (χ1) is 14.1. The normalized spacial score (nSPS) is 32.7. The van der Waals surface area contributed by atoms with Crippen LogP contribution in [0.2, 0.25) is 0 Å². The first kappa shape index (κ1) is 22.7. The summed E-state index contributed by atoms with van der Waals surface area (Å²) in [7, 11) is 1.25. The summed E-state index contributed by atoms with van der Waals surface area (Å²) in [6, 6.07) is 0.0745. The third-order valence-corrected chi connectivity index (χ3v) is 5.46. The maximum absolute atomic E-state index is 13.1. The molecule has 0 spiro atoms. The van der Waals surface area contributed by atoms with Gasteiger partial charge in [0.05, 0.1) is 31.0 Å². The summed E-state index contributed by atoms with van der Waals surface area (Å²) >= 11 is 0. The van der Waals surface area contributed by atoms with E-state index in [0.717, 1.165) is 28.3 Å². The van der Waals surface area contributed by atoms with Crippen LogP contribution in [-0.4, -0.2) is 75.7 Å². The third kappa shape index (κ3) is 4.23. The molecule has 2 aliphatic rings. The average Bonchev–Trinajstić information content (AvgIpc) is 2.93. The van der Waals surface area contributed by atoms with Gasteiger partial charge in [0.25, 0.3) is 0 Å². The number of nitrogens with zero attached hydrogens (tertiary/aromatic N) is 3. The van der Waals surface area contributed by atoms with Gasteiger partial charge in [0.15, 0.2) is 6.23 Å². The molecule has 168 valence electrons. The molecule has 0 radical (unpaired) electrons. The molecule has 6 atom stereocenters. The second-order valence-corrected chi connectivity index (χ2v) is 7.42. The molecular formula is C18H24F3N3O6. The van der Waals surface area contributed by atoms with E-state index in [1.54, 1.807) is 6.92 Å². The monoisotopic (exact) mass is 435 g/mol. The summed E-state index contributed by atoms with van der Waals surface area (Å²) in [5, 5.41) is 30.4. The Kier molecular flexibility index (Phi) is 6.53. The predicted octanol–water partition coefficient (Wildman–Crippen LogP) is 1.13. The highest BCUT2D eigenvalue weighted by atomic mass is 19.4. The number of aliphatic hydroxyl groups excluding tert-OH is 3. The molecule has 2 fully saturated rings. The average molecular weight is 435 g/mol. The Labute approximate surface area is 170 Å². The molecular weight excluding hydrogens is 411 g/mol. The van der Waals surface area contributed by atoms with Crippen molar-refractivity contribution in [2.75, 3.05) is 18.6 Å². The van der Waals surface area contributed by atoms with Gasteiger partial charge in [-0.25, -0.2) is 14.7 Å². The smallest absolute Gasteiger partial charge is 0.396 e. The number of carbonyl (C=O) groups is 1. The van der Waals surface area contributed by atoms with Crippen LogP contribution >= 0.6 is 0 Å². The van der Waals surface area contributed by atoms with Crippen LogP contribution in [0.15, 0.2) is 18.3 Å². The first-order valence-electron chi connectivity index (χ1n) is 9.40. The Bertz CT molecular complexity index is 767. The minimum atomic E-state index is -4.62. The number of carbonyl (C=O) groups excluding carboxylic acids is 1. The van der Waals surface area contributed by atoms with E-state index in [1.165, 1.54) is 7.11 Å². The molecule has 1 saturated carbocycles. The standard InChI is InChI=1S/C18H24F3N3O6/c1-9-16(30-12-5-10(8-25)15(27)13(26)7-12)23(17(28)24(9)29-2)14-6-11(3-4-22-14)18(19,20)21/h3-4,6,9-10,12-13,15-16,25-27H,5,7-8H2,1-2H3/t9-,10?,12-,13?,15+,16?/m0/s1. The number of anilines is 1. The van der Waals surface area contributed by atoms with E-state index in [2.05, 4.69) is 4.98 Å². The first-order valence-corrected chi connectivity index (χ1v) is 9.40. The van der Waals surface area contributed by atoms with Gasteiger partial charge in [-0.2, -0.15) is 18.2 Å². The minimum Gasteiger partial charge on any atom is -0.396 e. The summed E-state index contributed by atoms with van der Waals surface area (Å²) in [5.41, 5.74) is -0.973. The molecule has 3 unspecified atom stereocenters. The van der Waals surface area contributed by atoms with E-state index in [4.69, 9.17) is 9.57 Å². The van der Waals surface area contributed by atoms with Gasteiger partial charge in [-0.05, 0) is 25.5 Å². The van der Waals surface area contributed by atoms with Crippen molar-refractivity contribution in [3.8, 4) is 0 Å². The zero-order valence-corrected chi connectivity index (χ0v) is 16.4. The molecule has 1 saturated heterocycles. The number of ether oxygens (including phenoxy) is 1. The Balaban J connectivity index is 1.90. The molecule has 9 nitrogen and oxygen atoms in total. The number of amides is 2. The van der Waals surface area contributed by atoms with E-state index in [0.29, 0.717) is 0 Å². The number of hydroxylamine groups is 2. The quantitative estimate of drug-likeness (QED) is 0.635. The van der Waals surface area contributed by atoms with Crippen LogP contribution in [0.1, 0.15) is 25.3 Å². The Hall–Kier alpha value is -1.99. The van der Waals surface area contributed by atoms with Gasteiger partial charge < -0.3 is 20.1 Å². The molecule has 0 aromatic carbocycles. The summed E-state index contributed by atoms with van der Waals surface area (Å²) in [5.74, 6) is -0.897. The van der Waals surface area contributed by atoms with E-state index in [-0.39, 0.29) is 25.3 Å². The van der Waals surface area contributed by atoms with Crippen molar-refractivity contribution in [2.24, 2.45) is 5.92 Å². The van der Waals surface area contributed by atoms with E-state index < -0.39 is 54.3 Å². The number of halogens is 3. The molecule has 3 rings (SSSR count). The zero-order chi connectivity index (χ0) is 22.2. The van der Waals surface area contributed by atoms with Crippen LogP contribution < -0.4 is 4.90 Å². The maximum atomic E-state index is 13.1. The number of hydrogen-bond acceptors (Lipinski definition) is 7. The van der Waals surface area contributed by atoms with Crippen molar-refractivity contribution in [3.63, 3.8) is 0 Å². The van der Waals surface area contributed by atoms with Gasteiger partial charge in [-0.1, -0.05) is 0 Å². The minimum absolute atomic E-state index is 0.0336. The highest BCUT2D eigenvalue weighted by Gasteiger charge is 2.49. The number of aliphatic hydroxyl groups is 3. The van der Waals surface area contributed by atoms with Crippen molar-refractivity contribution < 1.29 is 42.9 Å². The van der Waals surface area contributed by atoms with Gasteiger partial charge in [0, 0.05) is 25.1 Å². The number of aromatic nitrogens is 1. The maximum Gasteiger partial charge on any atom is 0.416 e. The second-order valence-electron chi connectivity index (χ2n) is 7.42. The molecule has 1 aliphatic heterocycles. The molecule has 2 amide bonds. The van der Waals surface area contributed by atoms with Gasteiger partial charge in [-0.15, -0.1) is 0 Å². The zero-order valence-electron chi connectivity index (χ0n) is 16.4. The summed E-state index contributed by atoms with van der Waals surface area (Å²) in [6.07, 6.45) is -7.44. The molecule has 12 heteroatoms. The van der Waals surface area contributed by atoms with E-state index in [1.807, 2.05) is 0 Å². The van der Waals surface area contributed by atoms with Crippen molar-refractivity contribution in [1.29, 1.82) is 0 Å². The molecule has 2 heterocycles. The van der Waals surface area contributed by atoms with Gasteiger partial charge in [0.1, 0.15) is 11.9 Å². The molecule has 3 N–H and O–H groups in total. The lowest BCUT2D eigenvalue weighted by atomic mass is 9.83. The predicted molar refractivity (Wildman–Crippen MR) is 95.9 cm³/mol. The molecule has 1 aliphatic carbocycles. The number of rotatable bonds is 5. The van der Waals surface area contributed by atoms with E-state index >= 15 is 0 Å². The van der Waals surface area contributed by atoms with Crippen LogP contribution in [0.25, 0.3) is 0 Å². The molecule has 1 aromatic heterocycles. The second kappa shape index (κ2) is 8.63. The Morgan fingerprint density at radius 1 is 1.30 bits per heavy atom. The lowest BCUT2D eigenvalue weighted by Gasteiger charge is -2.38. The largest absolute Gasteiger partial charge is 0.416 e. The lowest BCUT2D eigenvalue weighted by Crippen LogP contribution is -2.49. The van der Waals surface area contributed by atoms with Crippen molar-refractivity contribution in [2.45, 2.75) is 56.5 Å². The SMILES string of the molecule is CON1C(=O)N(c2cc(C(F)(F)F)ccn2)C(O[C@@H]2CC(O)[C@H](O)C(CO)C2)[C@@H]1C. The van der Waals surface area contributed by atoms with Gasteiger partial charge >= 0.3 is 12.2 Å². The highest BCUT2D eigenvalue weighted by Crippen LogP contribution is 2.36. The van der Waals surface area contributed by atoms with Crippen LogP contribution in [0.4, 0.5) is 23.8 Å². The van der Waals surface area contributed by atoms with Crippen LogP contribution in [0, 0.1) is 5.92 Å². The highest BCUT2D eigenvalue weighted by molar-refractivity contribution is 5.93. The van der Waals surface area contributed by atoms with Crippen LogP contribution in [-0.2, 0) is 15.8 Å². The molecule has 1 aromatic rings. The van der Waals surface area contributed by atoms with Crippen LogP contribution in [0.5, 0.6) is 0 Å². The Morgan fingerprint density at radius 3 is 2.60 bits per heavy atom. The summed E-state index contributed by atoms with van der Waals surface area (Å²) in [4.78, 5) is 22.7.